The molecule has 0 radical (unpaired) electrons. The van der Waals surface area contributed by atoms with Crippen LogP contribution in [-0.2, 0) is 0 Å². The van der Waals surface area contributed by atoms with Crippen LogP contribution in [0, 0.1) is 15.0 Å². The SMILES string of the molecule is CC(N=O)c1ccccc1[N+](=O)[O-]. The van der Waals surface area contributed by atoms with Gasteiger partial charge in [-0.25, -0.2) is 0 Å². The monoisotopic (exact) mass is 180 g/mol. The Kier molecular flexibility index (Phi) is 2.69. The Morgan fingerprint density at radius 2 is 2.08 bits per heavy atom. The minimum atomic E-state index is -0.679. The van der Waals surface area contributed by atoms with Gasteiger partial charge >= 0.3 is 0 Å². The second-order valence-electron chi connectivity index (χ2n) is 2.60. The second-order valence-corrected chi connectivity index (χ2v) is 2.60. The lowest BCUT2D eigenvalue weighted by Gasteiger charge is -2.02. The fourth-order valence-electron chi connectivity index (χ4n) is 1.06. The minimum absolute atomic E-state index is 0.0606. The highest BCUT2D eigenvalue weighted by Crippen LogP contribution is 2.26. The molecule has 1 rings (SSSR count). The summed E-state index contributed by atoms with van der Waals surface area (Å²) >= 11 is 0. The van der Waals surface area contributed by atoms with E-state index in [1.807, 2.05) is 0 Å². The van der Waals surface area contributed by atoms with Crippen molar-refractivity contribution in [3.63, 3.8) is 0 Å². The van der Waals surface area contributed by atoms with Crippen LogP contribution in [0.1, 0.15) is 18.5 Å². The van der Waals surface area contributed by atoms with Gasteiger partial charge in [-0.05, 0) is 13.0 Å². The number of hydrogen-bond acceptors (Lipinski definition) is 4. The summed E-state index contributed by atoms with van der Waals surface area (Å²) in [6, 6.07) is 5.41. The fourth-order valence-corrected chi connectivity index (χ4v) is 1.06. The smallest absolute Gasteiger partial charge is 0.258 e. The Balaban J connectivity index is 3.19. The van der Waals surface area contributed by atoms with Crippen LogP contribution in [0.2, 0.25) is 0 Å². The lowest BCUT2D eigenvalue weighted by atomic mass is 10.1. The first-order chi connectivity index (χ1) is 6.16. The van der Waals surface area contributed by atoms with Crippen LogP contribution in [0.5, 0.6) is 0 Å². The van der Waals surface area contributed by atoms with Crippen molar-refractivity contribution in [1.82, 2.24) is 0 Å². The molecule has 0 aliphatic heterocycles. The highest BCUT2D eigenvalue weighted by atomic mass is 16.6. The van der Waals surface area contributed by atoms with E-state index in [-0.39, 0.29) is 5.69 Å². The van der Waals surface area contributed by atoms with E-state index in [4.69, 9.17) is 0 Å². The standard InChI is InChI=1S/C8H8N2O3/c1-6(9-11)7-4-2-3-5-8(7)10(12)13/h2-6H,1H3. The van der Waals surface area contributed by atoms with Crippen molar-refractivity contribution in [3.8, 4) is 0 Å². The molecule has 0 saturated heterocycles. The molecule has 0 fully saturated rings. The van der Waals surface area contributed by atoms with E-state index in [1.165, 1.54) is 19.1 Å². The molecule has 5 nitrogen and oxygen atoms in total. The Labute approximate surface area is 74.5 Å². The molecule has 0 saturated carbocycles. The van der Waals surface area contributed by atoms with Gasteiger partial charge in [0.2, 0.25) is 0 Å². The molecule has 13 heavy (non-hydrogen) atoms. The Bertz CT molecular complexity index is 338. The molecule has 0 spiro atoms. The highest BCUT2D eigenvalue weighted by molar-refractivity contribution is 5.41. The normalized spacial score (nSPS) is 12.1. The molecule has 1 aromatic rings. The number of nitro benzene ring substituents is 1. The van der Waals surface area contributed by atoms with Gasteiger partial charge in [0.05, 0.1) is 10.5 Å². The van der Waals surface area contributed by atoms with Crippen LogP contribution in [0.25, 0.3) is 0 Å². The van der Waals surface area contributed by atoms with Crippen molar-refractivity contribution >= 4 is 5.69 Å². The zero-order valence-electron chi connectivity index (χ0n) is 7.01. The predicted molar refractivity (Wildman–Crippen MR) is 47.3 cm³/mol. The molecule has 0 aliphatic rings. The first kappa shape index (κ1) is 9.31. The lowest BCUT2D eigenvalue weighted by molar-refractivity contribution is -0.385. The topological polar surface area (TPSA) is 72.6 Å². The van der Waals surface area contributed by atoms with Gasteiger partial charge in [-0.1, -0.05) is 17.3 Å². The third-order valence-corrected chi connectivity index (χ3v) is 1.74. The third kappa shape index (κ3) is 1.87. The molecule has 1 aromatic carbocycles. The quantitative estimate of drug-likeness (QED) is 0.407. The summed E-state index contributed by atoms with van der Waals surface area (Å²) in [5.74, 6) is 0. The van der Waals surface area contributed by atoms with Gasteiger partial charge in [-0.2, -0.15) is 4.91 Å². The Morgan fingerprint density at radius 1 is 1.46 bits per heavy atom. The zero-order chi connectivity index (χ0) is 9.84. The number of rotatable bonds is 3. The molecule has 68 valence electrons. The van der Waals surface area contributed by atoms with E-state index in [0.717, 1.165) is 0 Å². The van der Waals surface area contributed by atoms with Crippen LogP contribution < -0.4 is 0 Å². The summed E-state index contributed by atoms with van der Waals surface area (Å²) in [7, 11) is 0. The molecule has 0 heterocycles. The molecule has 1 atom stereocenters. The molecule has 0 aromatic heterocycles. The van der Waals surface area contributed by atoms with Gasteiger partial charge in [0, 0.05) is 6.07 Å². The van der Waals surface area contributed by atoms with Gasteiger partial charge in [0.15, 0.2) is 0 Å². The van der Waals surface area contributed by atoms with E-state index in [0.29, 0.717) is 5.56 Å². The maximum absolute atomic E-state index is 10.5. The summed E-state index contributed by atoms with van der Waals surface area (Å²) in [5.41, 5.74) is 0.289. The summed E-state index contributed by atoms with van der Waals surface area (Å²) in [6.07, 6.45) is 0. The Hall–Kier alpha value is -1.78. The molecular formula is C8H8N2O3. The van der Waals surface area contributed by atoms with Crippen molar-refractivity contribution in [2.45, 2.75) is 13.0 Å². The average Bonchev–Trinajstić information content (AvgIpc) is 2.16. The molecule has 5 heteroatoms. The molecular weight excluding hydrogens is 172 g/mol. The van der Waals surface area contributed by atoms with Crippen LogP contribution in [0.15, 0.2) is 29.4 Å². The molecule has 0 amide bonds. The summed E-state index contributed by atoms with van der Waals surface area (Å²) < 4.78 is 0. The maximum Gasteiger partial charge on any atom is 0.274 e. The second kappa shape index (κ2) is 3.75. The number of hydrogen-bond donors (Lipinski definition) is 0. The van der Waals surface area contributed by atoms with Crippen LogP contribution in [0.4, 0.5) is 5.69 Å². The Morgan fingerprint density at radius 3 is 2.62 bits per heavy atom. The average molecular weight is 180 g/mol. The molecule has 0 bridgehead atoms. The first-order valence-corrected chi connectivity index (χ1v) is 3.72. The van der Waals surface area contributed by atoms with E-state index < -0.39 is 11.0 Å². The van der Waals surface area contributed by atoms with Crippen LogP contribution in [-0.4, -0.2) is 4.92 Å². The van der Waals surface area contributed by atoms with Gasteiger partial charge in [-0.3, -0.25) is 10.1 Å². The number of para-hydroxylation sites is 1. The third-order valence-electron chi connectivity index (χ3n) is 1.74. The van der Waals surface area contributed by atoms with Crippen molar-refractivity contribution in [2.24, 2.45) is 5.18 Å². The van der Waals surface area contributed by atoms with Crippen molar-refractivity contribution < 1.29 is 4.92 Å². The van der Waals surface area contributed by atoms with E-state index >= 15 is 0 Å². The first-order valence-electron chi connectivity index (χ1n) is 3.72. The van der Waals surface area contributed by atoms with Gasteiger partial charge in [0.1, 0.15) is 6.04 Å². The maximum atomic E-state index is 10.5. The summed E-state index contributed by atoms with van der Waals surface area (Å²) in [5, 5.41) is 13.3. The van der Waals surface area contributed by atoms with Crippen LogP contribution >= 0.6 is 0 Å². The van der Waals surface area contributed by atoms with E-state index in [1.54, 1.807) is 12.1 Å². The van der Waals surface area contributed by atoms with Crippen molar-refractivity contribution in [1.29, 1.82) is 0 Å². The van der Waals surface area contributed by atoms with Crippen molar-refractivity contribution in [3.05, 3.63) is 44.9 Å². The van der Waals surface area contributed by atoms with Gasteiger partial charge < -0.3 is 0 Å². The van der Waals surface area contributed by atoms with E-state index in [2.05, 4.69) is 5.18 Å². The predicted octanol–water partition coefficient (Wildman–Crippen LogP) is 2.42. The lowest BCUT2D eigenvalue weighted by Crippen LogP contribution is -1.96. The molecule has 0 N–H and O–H groups in total. The largest absolute Gasteiger partial charge is 0.274 e. The zero-order valence-corrected chi connectivity index (χ0v) is 7.01. The number of nitro groups is 1. The van der Waals surface area contributed by atoms with Gasteiger partial charge in [0.25, 0.3) is 5.69 Å². The number of benzene rings is 1. The number of nitroso groups, excluding NO2 is 1. The van der Waals surface area contributed by atoms with Gasteiger partial charge in [-0.15, -0.1) is 0 Å². The summed E-state index contributed by atoms with van der Waals surface area (Å²) in [6.45, 7) is 1.52. The minimum Gasteiger partial charge on any atom is -0.258 e. The molecule has 1 unspecified atom stereocenters. The van der Waals surface area contributed by atoms with Crippen molar-refractivity contribution in [2.75, 3.05) is 0 Å². The highest BCUT2D eigenvalue weighted by Gasteiger charge is 2.17. The summed E-state index contributed by atoms with van der Waals surface area (Å²) in [4.78, 5) is 20.2. The van der Waals surface area contributed by atoms with Crippen LogP contribution in [0.3, 0.4) is 0 Å². The number of nitrogens with zero attached hydrogens (tertiary/aromatic N) is 2. The fraction of sp³-hybridized carbons (Fsp3) is 0.250. The molecule has 0 aliphatic carbocycles. The van der Waals surface area contributed by atoms with E-state index in [9.17, 15) is 15.0 Å².